The smallest absolute Gasteiger partial charge is 0.0594 e. The van der Waals surface area contributed by atoms with E-state index in [9.17, 15) is 0 Å². The molecule has 0 saturated heterocycles. The number of hydrogen-bond acceptors (Lipinski definition) is 4. The van der Waals surface area contributed by atoms with Gasteiger partial charge in [-0.3, -0.25) is 0 Å². The number of hydrogen-bond donors (Lipinski definition) is 1. The molecule has 0 unspecified atom stereocenters. The molecule has 0 aliphatic carbocycles. The standard InChI is InChI=1S/C2H3N3S/c1-2-6-5-4-3-1/h1-2H,(H,3,5). The molecule has 32 valence electrons. The lowest BCUT2D eigenvalue weighted by Gasteiger charge is -1.90. The van der Waals surface area contributed by atoms with Crippen LogP contribution in [0, 0.1) is 0 Å². The minimum Gasteiger partial charge on any atom is -0.229 e. The molecule has 6 heavy (non-hydrogen) atoms. The van der Waals surface area contributed by atoms with Crippen LogP contribution in [0.1, 0.15) is 0 Å². The Morgan fingerprint density at radius 1 is 1.67 bits per heavy atom. The third-order valence-electron chi connectivity index (χ3n) is 0.347. The van der Waals surface area contributed by atoms with Crippen molar-refractivity contribution in [2.45, 2.75) is 0 Å². The van der Waals surface area contributed by atoms with Crippen molar-refractivity contribution < 1.29 is 0 Å². The van der Waals surface area contributed by atoms with Gasteiger partial charge in [0.15, 0.2) is 0 Å². The van der Waals surface area contributed by atoms with Crippen LogP contribution in [0.25, 0.3) is 0 Å². The highest BCUT2D eigenvalue weighted by Crippen LogP contribution is 1.99. The molecule has 0 aromatic heterocycles. The molecule has 3 nitrogen and oxygen atoms in total. The van der Waals surface area contributed by atoms with Gasteiger partial charge in [0, 0.05) is 5.41 Å². The second kappa shape index (κ2) is 1.81. The number of rotatable bonds is 0. The van der Waals surface area contributed by atoms with Gasteiger partial charge in [-0.25, -0.2) is 4.83 Å². The molecular weight excluding hydrogens is 98.1 g/mol. The molecule has 1 aliphatic heterocycles. The average Bonchev–Trinajstić information content (AvgIpc) is 1.72. The third-order valence-corrected chi connectivity index (χ3v) is 0.792. The largest absolute Gasteiger partial charge is 0.229 e. The number of nitrogens with zero attached hydrogens (tertiary/aromatic N) is 2. The first-order valence-corrected chi connectivity index (χ1v) is 2.33. The monoisotopic (exact) mass is 101 g/mol. The van der Waals surface area contributed by atoms with Gasteiger partial charge in [-0.15, -0.1) is 5.11 Å². The number of nitrogens with one attached hydrogen (secondary N) is 1. The zero-order valence-corrected chi connectivity index (χ0v) is 3.77. The van der Waals surface area contributed by atoms with Gasteiger partial charge in [-0.2, -0.15) is 0 Å². The van der Waals surface area contributed by atoms with E-state index in [1.165, 1.54) is 11.9 Å². The van der Waals surface area contributed by atoms with Gasteiger partial charge in [0.05, 0.1) is 6.20 Å². The van der Waals surface area contributed by atoms with E-state index in [0.29, 0.717) is 0 Å². The first-order valence-electron chi connectivity index (χ1n) is 1.45. The molecule has 1 N–H and O–H groups in total. The highest BCUT2D eigenvalue weighted by Gasteiger charge is 1.76. The predicted molar refractivity (Wildman–Crippen MR) is 24.7 cm³/mol. The maximum atomic E-state index is 3.49. The summed E-state index contributed by atoms with van der Waals surface area (Å²) in [6.07, 6.45) is 1.63. The Kier molecular flexibility index (Phi) is 1.11. The predicted octanol–water partition coefficient (Wildman–Crippen LogP) is 1.08. The van der Waals surface area contributed by atoms with Gasteiger partial charge < -0.3 is 0 Å². The van der Waals surface area contributed by atoms with Crippen LogP contribution in [0.3, 0.4) is 0 Å². The van der Waals surface area contributed by atoms with Crippen LogP contribution in [0.4, 0.5) is 0 Å². The van der Waals surface area contributed by atoms with Crippen LogP contribution in [0.15, 0.2) is 21.9 Å². The molecule has 0 bridgehead atoms. The summed E-state index contributed by atoms with van der Waals surface area (Å²) < 4.78 is 0. The maximum absolute atomic E-state index is 3.49. The van der Waals surface area contributed by atoms with Crippen molar-refractivity contribution in [2.24, 2.45) is 10.3 Å². The van der Waals surface area contributed by atoms with Crippen molar-refractivity contribution in [1.29, 1.82) is 0 Å². The van der Waals surface area contributed by atoms with Crippen LogP contribution in [0.5, 0.6) is 0 Å². The summed E-state index contributed by atoms with van der Waals surface area (Å²) >= 11 is 1.40. The lowest BCUT2D eigenvalue weighted by atomic mass is 11.1. The zero-order chi connectivity index (χ0) is 4.24. The fourth-order valence-electron chi connectivity index (χ4n) is 0.169. The van der Waals surface area contributed by atoms with E-state index >= 15 is 0 Å². The van der Waals surface area contributed by atoms with Crippen LogP contribution < -0.4 is 4.83 Å². The van der Waals surface area contributed by atoms with Gasteiger partial charge in [0.2, 0.25) is 0 Å². The molecule has 1 heterocycles. The average molecular weight is 101 g/mol. The summed E-state index contributed by atoms with van der Waals surface area (Å²) in [7, 11) is 0. The summed E-state index contributed by atoms with van der Waals surface area (Å²) in [6.45, 7) is 0. The first kappa shape index (κ1) is 3.67. The van der Waals surface area contributed by atoms with E-state index in [-0.39, 0.29) is 0 Å². The summed E-state index contributed by atoms with van der Waals surface area (Å²) in [5, 5.41) is 8.73. The van der Waals surface area contributed by atoms with E-state index < -0.39 is 0 Å². The zero-order valence-electron chi connectivity index (χ0n) is 2.96. The molecule has 0 amide bonds. The van der Waals surface area contributed by atoms with Crippen molar-refractivity contribution in [1.82, 2.24) is 4.83 Å². The lowest BCUT2D eigenvalue weighted by molar-refractivity contribution is 0.965. The van der Waals surface area contributed by atoms with Crippen molar-refractivity contribution in [2.75, 3.05) is 0 Å². The molecule has 0 spiro atoms. The molecule has 1 aliphatic rings. The third kappa shape index (κ3) is 0.718. The quantitative estimate of drug-likeness (QED) is 0.463. The molecule has 0 radical (unpaired) electrons. The van der Waals surface area contributed by atoms with Crippen molar-refractivity contribution in [3.05, 3.63) is 11.6 Å². The molecular formula is C2H3N3S. The second-order valence-electron chi connectivity index (χ2n) is 0.710. The van der Waals surface area contributed by atoms with Crippen molar-refractivity contribution >= 4 is 11.9 Å². The summed E-state index contributed by atoms with van der Waals surface area (Å²) in [4.78, 5) is 2.57. The molecule has 4 heteroatoms. The summed E-state index contributed by atoms with van der Waals surface area (Å²) in [5.74, 6) is 0. The van der Waals surface area contributed by atoms with E-state index in [4.69, 9.17) is 0 Å². The lowest BCUT2D eigenvalue weighted by Crippen LogP contribution is -1.87. The Bertz CT molecular complexity index is 74.8. The van der Waals surface area contributed by atoms with Gasteiger partial charge in [0.1, 0.15) is 0 Å². The fraction of sp³-hybridized carbons (Fsp3) is 0. The van der Waals surface area contributed by atoms with E-state index in [1.54, 1.807) is 6.20 Å². The molecule has 1 rings (SSSR count). The Labute approximate surface area is 39.6 Å². The molecule has 0 aromatic rings. The fourth-order valence-corrected chi connectivity index (χ4v) is 0.439. The summed E-state index contributed by atoms with van der Waals surface area (Å²) in [5.41, 5.74) is 0. The van der Waals surface area contributed by atoms with Crippen molar-refractivity contribution in [3.8, 4) is 0 Å². The second-order valence-corrected chi connectivity index (χ2v) is 1.40. The molecule has 0 saturated carbocycles. The van der Waals surface area contributed by atoms with Crippen LogP contribution in [-0.2, 0) is 0 Å². The van der Waals surface area contributed by atoms with Crippen LogP contribution in [-0.4, -0.2) is 0 Å². The Morgan fingerprint density at radius 3 is 2.83 bits per heavy atom. The van der Waals surface area contributed by atoms with E-state index in [0.717, 1.165) is 0 Å². The van der Waals surface area contributed by atoms with Crippen LogP contribution in [0.2, 0.25) is 0 Å². The highest BCUT2D eigenvalue weighted by atomic mass is 32.2. The van der Waals surface area contributed by atoms with Crippen LogP contribution >= 0.6 is 11.9 Å². The molecule has 0 atom stereocenters. The van der Waals surface area contributed by atoms with Gasteiger partial charge >= 0.3 is 0 Å². The highest BCUT2D eigenvalue weighted by molar-refractivity contribution is 8.00. The Morgan fingerprint density at radius 2 is 2.67 bits per heavy atom. The van der Waals surface area contributed by atoms with Gasteiger partial charge in [0.25, 0.3) is 0 Å². The van der Waals surface area contributed by atoms with E-state index in [2.05, 4.69) is 15.2 Å². The van der Waals surface area contributed by atoms with Crippen molar-refractivity contribution in [3.63, 3.8) is 0 Å². The Balaban J connectivity index is 2.46. The minimum absolute atomic E-state index is 1.40. The normalized spacial score (nSPS) is 17.3. The van der Waals surface area contributed by atoms with Gasteiger partial charge in [-0.05, 0) is 11.9 Å². The SMILES string of the molecule is C1=CSNN=N1. The summed E-state index contributed by atoms with van der Waals surface area (Å²) in [6, 6.07) is 0. The first-order chi connectivity index (χ1) is 3.00. The Hall–Kier alpha value is -0.510. The topological polar surface area (TPSA) is 36.8 Å². The molecule has 0 aromatic carbocycles. The maximum Gasteiger partial charge on any atom is 0.0594 e. The minimum atomic E-state index is 1.40. The van der Waals surface area contributed by atoms with Gasteiger partial charge in [-0.1, -0.05) is 5.22 Å². The molecule has 0 fully saturated rings. The van der Waals surface area contributed by atoms with E-state index in [1.807, 2.05) is 5.41 Å².